The molecule has 1 heterocycles. The monoisotopic (exact) mass is 208 g/mol. The molecule has 3 heteroatoms. The molecular weight excluding hydrogens is 200 g/mol. The lowest BCUT2D eigenvalue weighted by molar-refractivity contribution is 1.29. The average Bonchev–Trinajstić information content (AvgIpc) is 2.50. The van der Waals surface area contributed by atoms with Crippen molar-refractivity contribution in [1.82, 2.24) is 9.97 Å². The second kappa shape index (κ2) is 3.38. The second-order valence-corrected chi connectivity index (χ2v) is 3.55. The molecule has 0 N–H and O–H groups in total. The Morgan fingerprint density at radius 3 is 2.75 bits per heavy atom. The van der Waals surface area contributed by atoms with Crippen LogP contribution < -0.4 is 5.43 Å². The van der Waals surface area contributed by atoms with E-state index < -0.39 is 0 Å². The Bertz CT molecular complexity index is 694. The Morgan fingerprint density at radius 2 is 1.81 bits per heavy atom. The first-order valence-electron chi connectivity index (χ1n) is 4.99. The van der Waals surface area contributed by atoms with E-state index in [1.54, 1.807) is 18.3 Å². The number of hydrogen-bond donors (Lipinski definition) is 0. The summed E-state index contributed by atoms with van der Waals surface area (Å²) in [6.45, 7) is 0. The van der Waals surface area contributed by atoms with Gasteiger partial charge >= 0.3 is 0 Å². The predicted octanol–water partition coefficient (Wildman–Crippen LogP) is 2.09. The Kier molecular flexibility index (Phi) is 1.90. The van der Waals surface area contributed by atoms with E-state index in [1.807, 2.05) is 24.3 Å². The lowest BCUT2D eigenvalue weighted by atomic mass is 10.2. The van der Waals surface area contributed by atoms with Crippen LogP contribution in [0.3, 0.4) is 0 Å². The van der Waals surface area contributed by atoms with E-state index in [0.29, 0.717) is 11.4 Å². The Labute approximate surface area is 91.8 Å². The highest BCUT2D eigenvalue weighted by Crippen LogP contribution is 2.15. The zero-order chi connectivity index (χ0) is 11.0. The number of para-hydroxylation sites is 2. The standard InChI is InChI=1S/C13H8N2O/c16-12-7-3-6-11-13(12)15-10-5-2-1-4-9(10)8-14-11/h1-8H. The summed E-state index contributed by atoms with van der Waals surface area (Å²) in [5.41, 5.74) is 1.74. The van der Waals surface area contributed by atoms with Gasteiger partial charge in [-0.3, -0.25) is 9.78 Å². The van der Waals surface area contributed by atoms with E-state index in [0.717, 1.165) is 10.9 Å². The van der Waals surface area contributed by atoms with Crippen molar-refractivity contribution in [3.05, 3.63) is 58.9 Å². The molecule has 0 radical (unpaired) electrons. The predicted molar refractivity (Wildman–Crippen MR) is 62.4 cm³/mol. The largest absolute Gasteiger partial charge is 0.287 e. The summed E-state index contributed by atoms with van der Waals surface area (Å²) < 4.78 is 0. The first kappa shape index (κ1) is 8.97. The van der Waals surface area contributed by atoms with E-state index in [4.69, 9.17) is 0 Å². The molecule has 0 unspecified atom stereocenters. The van der Waals surface area contributed by atoms with Crippen molar-refractivity contribution >= 4 is 10.9 Å². The van der Waals surface area contributed by atoms with E-state index in [9.17, 15) is 4.79 Å². The van der Waals surface area contributed by atoms with Gasteiger partial charge in [0.2, 0.25) is 5.43 Å². The van der Waals surface area contributed by atoms with Gasteiger partial charge in [-0.2, -0.15) is 0 Å². The van der Waals surface area contributed by atoms with E-state index in [-0.39, 0.29) is 5.43 Å². The molecule has 1 aromatic rings. The highest BCUT2D eigenvalue weighted by Gasteiger charge is 2.06. The van der Waals surface area contributed by atoms with E-state index >= 15 is 0 Å². The molecule has 76 valence electrons. The minimum Gasteiger partial charge on any atom is -0.287 e. The van der Waals surface area contributed by atoms with Gasteiger partial charge < -0.3 is 0 Å². The molecule has 0 atom stereocenters. The summed E-state index contributed by atoms with van der Waals surface area (Å²) in [5.74, 6) is 0. The van der Waals surface area contributed by atoms with Gasteiger partial charge in [0.15, 0.2) is 0 Å². The third-order valence-corrected chi connectivity index (χ3v) is 2.49. The van der Waals surface area contributed by atoms with Crippen LogP contribution in [-0.4, -0.2) is 9.97 Å². The molecule has 0 saturated heterocycles. The first-order valence-corrected chi connectivity index (χ1v) is 4.99. The van der Waals surface area contributed by atoms with Gasteiger partial charge in [-0.25, -0.2) is 4.98 Å². The van der Waals surface area contributed by atoms with Crippen molar-refractivity contribution in [3.63, 3.8) is 0 Å². The maximum absolute atomic E-state index is 11.7. The topological polar surface area (TPSA) is 42.9 Å². The Hall–Kier alpha value is -2.29. The van der Waals surface area contributed by atoms with Gasteiger partial charge in [-0.05, 0) is 18.2 Å². The Balaban J connectivity index is 2.54. The minimum atomic E-state index is -0.0913. The molecule has 3 rings (SSSR count). The fourth-order valence-corrected chi connectivity index (χ4v) is 1.69. The molecule has 16 heavy (non-hydrogen) atoms. The van der Waals surface area contributed by atoms with Gasteiger partial charge in [0.25, 0.3) is 0 Å². The maximum Gasteiger partial charge on any atom is 0.206 e. The fourth-order valence-electron chi connectivity index (χ4n) is 1.69. The van der Waals surface area contributed by atoms with Crippen molar-refractivity contribution in [2.24, 2.45) is 0 Å². The maximum atomic E-state index is 11.7. The third-order valence-electron chi connectivity index (χ3n) is 2.49. The lowest BCUT2D eigenvalue weighted by Gasteiger charge is -1.94. The van der Waals surface area contributed by atoms with Crippen LogP contribution in [0.2, 0.25) is 0 Å². The molecule has 0 fully saturated rings. The van der Waals surface area contributed by atoms with Crippen LogP contribution in [0.5, 0.6) is 0 Å². The molecule has 3 nitrogen and oxygen atoms in total. The van der Waals surface area contributed by atoms with Crippen molar-refractivity contribution in [2.45, 2.75) is 0 Å². The summed E-state index contributed by atoms with van der Waals surface area (Å²) in [6, 6.07) is 12.6. The van der Waals surface area contributed by atoms with Crippen molar-refractivity contribution in [3.8, 4) is 11.4 Å². The molecule has 0 amide bonds. The van der Waals surface area contributed by atoms with Crippen LogP contribution in [-0.2, 0) is 0 Å². The van der Waals surface area contributed by atoms with Crippen molar-refractivity contribution in [1.29, 1.82) is 0 Å². The van der Waals surface area contributed by atoms with Gasteiger partial charge in [0.1, 0.15) is 5.69 Å². The summed E-state index contributed by atoms with van der Waals surface area (Å²) in [6.07, 6.45) is 1.74. The molecular formula is C13H8N2O. The molecule has 0 aromatic heterocycles. The molecule has 1 aliphatic carbocycles. The molecule has 2 aliphatic rings. The highest BCUT2D eigenvalue weighted by atomic mass is 16.1. The van der Waals surface area contributed by atoms with Crippen LogP contribution in [0.25, 0.3) is 22.3 Å². The van der Waals surface area contributed by atoms with Crippen LogP contribution in [0.15, 0.2) is 53.5 Å². The fraction of sp³-hybridized carbons (Fsp3) is 0. The number of aromatic nitrogens is 2. The summed E-state index contributed by atoms with van der Waals surface area (Å²) >= 11 is 0. The number of rotatable bonds is 0. The summed E-state index contributed by atoms with van der Waals surface area (Å²) in [5, 5.41) is 0.929. The zero-order valence-corrected chi connectivity index (χ0v) is 8.42. The molecule has 0 saturated carbocycles. The molecule has 0 bridgehead atoms. The zero-order valence-electron chi connectivity index (χ0n) is 8.42. The number of hydrogen-bond acceptors (Lipinski definition) is 3. The quantitative estimate of drug-likeness (QED) is 0.568. The van der Waals surface area contributed by atoms with Crippen molar-refractivity contribution in [2.75, 3.05) is 0 Å². The van der Waals surface area contributed by atoms with E-state index in [2.05, 4.69) is 9.97 Å². The minimum absolute atomic E-state index is 0.0913. The third kappa shape index (κ3) is 1.34. The molecule has 0 spiro atoms. The SMILES string of the molecule is O=c1cccc2ncc3ccccc3nc1-2. The van der Waals surface area contributed by atoms with Crippen molar-refractivity contribution < 1.29 is 0 Å². The Morgan fingerprint density at radius 1 is 0.938 bits per heavy atom. The van der Waals surface area contributed by atoms with Crippen LogP contribution >= 0.6 is 0 Å². The number of benzene rings is 2. The molecule has 1 aromatic carbocycles. The summed E-state index contributed by atoms with van der Waals surface area (Å²) in [4.78, 5) is 20.3. The summed E-state index contributed by atoms with van der Waals surface area (Å²) in [7, 11) is 0. The lowest BCUT2D eigenvalue weighted by Crippen LogP contribution is -2.04. The number of fused-ring (bicyclic) bond motifs is 2. The second-order valence-electron chi connectivity index (χ2n) is 3.55. The van der Waals surface area contributed by atoms with Crippen LogP contribution in [0.4, 0.5) is 0 Å². The first-order chi connectivity index (χ1) is 7.84. The van der Waals surface area contributed by atoms with Gasteiger partial charge in [-0.1, -0.05) is 24.3 Å². The normalized spacial score (nSPS) is 10.8. The highest BCUT2D eigenvalue weighted by molar-refractivity contribution is 5.79. The number of nitrogens with zero attached hydrogens (tertiary/aromatic N) is 2. The van der Waals surface area contributed by atoms with Gasteiger partial charge in [0, 0.05) is 11.6 Å². The van der Waals surface area contributed by atoms with Crippen LogP contribution in [0, 0.1) is 0 Å². The average molecular weight is 208 g/mol. The smallest absolute Gasteiger partial charge is 0.206 e. The van der Waals surface area contributed by atoms with E-state index in [1.165, 1.54) is 6.07 Å². The molecule has 1 aliphatic heterocycles. The van der Waals surface area contributed by atoms with Gasteiger partial charge in [0.05, 0.1) is 11.2 Å². The van der Waals surface area contributed by atoms with Gasteiger partial charge in [-0.15, -0.1) is 0 Å². The van der Waals surface area contributed by atoms with Crippen LogP contribution in [0.1, 0.15) is 0 Å².